The lowest BCUT2D eigenvalue weighted by Gasteiger charge is -2.05. The van der Waals surface area contributed by atoms with E-state index in [9.17, 15) is 0 Å². The van der Waals surface area contributed by atoms with Crippen LogP contribution in [-0.2, 0) is 0 Å². The summed E-state index contributed by atoms with van der Waals surface area (Å²) < 4.78 is 0. The highest BCUT2D eigenvalue weighted by Crippen LogP contribution is 1.99. The first-order chi connectivity index (χ1) is 4.70. The lowest BCUT2D eigenvalue weighted by Crippen LogP contribution is -3.03. The van der Waals surface area contributed by atoms with Gasteiger partial charge in [0.05, 0.1) is 12.7 Å². The number of hydrogen-bond donors (Lipinski definition) is 1. The smallest absolute Gasteiger partial charge is 0.200 e. The quantitative estimate of drug-likeness (QED) is 0.474. The average Bonchev–Trinajstić information content (AvgIpc) is 2.15. The zero-order valence-electron chi connectivity index (χ0n) is 6.82. The molecule has 3 heteroatoms. The molecule has 1 unspecified atom stereocenters. The van der Waals surface area contributed by atoms with Crippen molar-refractivity contribution in [2.75, 3.05) is 6.54 Å². The van der Waals surface area contributed by atoms with E-state index in [1.54, 1.807) is 0 Å². The van der Waals surface area contributed by atoms with Crippen LogP contribution in [0.15, 0.2) is 23.0 Å². The second-order valence-electron chi connectivity index (χ2n) is 2.84. The number of hydrogen-bond acceptors (Lipinski definition) is 0. The van der Waals surface area contributed by atoms with E-state index in [1.807, 2.05) is 0 Å². The molecule has 64 valence electrons. The molecule has 1 aliphatic rings. The van der Waals surface area contributed by atoms with Gasteiger partial charge in [-0.3, -0.25) is 4.90 Å². The minimum absolute atomic E-state index is 0. The molecule has 0 amide bonds. The Bertz CT molecular complexity index is 181. The zero-order chi connectivity index (χ0) is 7.56. The molecule has 1 N–H and O–H groups in total. The number of halogens is 2. The van der Waals surface area contributed by atoms with E-state index in [4.69, 9.17) is 11.6 Å². The molecule has 1 heterocycles. The van der Waals surface area contributed by atoms with Gasteiger partial charge in [-0.05, 0) is 37.1 Å². The summed E-state index contributed by atoms with van der Waals surface area (Å²) >= 11 is 5.90. The van der Waals surface area contributed by atoms with Gasteiger partial charge >= 0.3 is 0 Å². The normalized spacial score (nSPS) is 22.1. The molecule has 0 bridgehead atoms. The van der Waals surface area contributed by atoms with Gasteiger partial charge in [-0.25, -0.2) is 0 Å². The fourth-order valence-electron chi connectivity index (χ4n) is 1.09. The molecule has 0 aromatic carbocycles. The number of allylic oxidation sites excluding steroid dienone is 1. The van der Waals surface area contributed by atoms with E-state index in [-0.39, 0.29) is 12.4 Å². The average molecular weight is 194 g/mol. The standard InChI is InChI=1S/C8H12ClN.ClH/c1-7(2)6-10-5-3-4-8(10)9;/h4,6H,3,5H2,1-2H3;1H. The van der Waals surface area contributed by atoms with Crippen molar-refractivity contribution in [3.05, 3.63) is 23.0 Å². The predicted octanol–water partition coefficient (Wildman–Crippen LogP) is -1.72. The molecular formula is C8H13Cl2N. The molecule has 1 rings (SSSR count). The summed E-state index contributed by atoms with van der Waals surface area (Å²) in [4.78, 5) is 1.29. The highest BCUT2D eigenvalue weighted by atomic mass is 35.5. The van der Waals surface area contributed by atoms with Gasteiger partial charge in [0.2, 0.25) is 5.16 Å². The van der Waals surface area contributed by atoms with Gasteiger partial charge in [0.25, 0.3) is 0 Å². The molecule has 0 spiro atoms. The molecule has 1 nitrogen and oxygen atoms in total. The Morgan fingerprint density at radius 1 is 1.64 bits per heavy atom. The first-order valence-corrected chi connectivity index (χ1v) is 3.94. The van der Waals surface area contributed by atoms with Gasteiger partial charge in [0.1, 0.15) is 0 Å². The monoisotopic (exact) mass is 193 g/mol. The zero-order valence-corrected chi connectivity index (χ0v) is 8.34. The van der Waals surface area contributed by atoms with Crippen molar-refractivity contribution in [3.63, 3.8) is 0 Å². The number of rotatable bonds is 1. The first kappa shape index (κ1) is 11.0. The second-order valence-corrected chi connectivity index (χ2v) is 3.24. The molecular weight excluding hydrogens is 181 g/mol. The molecule has 0 saturated carbocycles. The van der Waals surface area contributed by atoms with E-state index < -0.39 is 0 Å². The SMILES string of the molecule is CC(C)=C[NH+]1CCC=C1Cl.[Cl-]. The molecule has 0 aromatic rings. The van der Waals surface area contributed by atoms with Crippen LogP contribution in [0.5, 0.6) is 0 Å². The Balaban J connectivity index is 0.000001000. The van der Waals surface area contributed by atoms with Gasteiger partial charge in [-0.1, -0.05) is 0 Å². The summed E-state index contributed by atoms with van der Waals surface area (Å²) in [5.74, 6) is 0. The van der Waals surface area contributed by atoms with Crippen molar-refractivity contribution in [3.8, 4) is 0 Å². The van der Waals surface area contributed by atoms with Crippen LogP contribution >= 0.6 is 11.6 Å². The van der Waals surface area contributed by atoms with Crippen molar-refractivity contribution >= 4 is 11.6 Å². The van der Waals surface area contributed by atoms with E-state index in [2.05, 4.69) is 26.1 Å². The van der Waals surface area contributed by atoms with Crippen molar-refractivity contribution in [2.45, 2.75) is 20.3 Å². The maximum atomic E-state index is 5.90. The second kappa shape index (κ2) is 4.81. The summed E-state index contributed by atoms with van der Waals surface area (Å²) in [6.07, 6.45) is 5.35. The summed E-state index contributed by atoms with van der Waals surface area (Å²) in [5, 5.41) is 0.946. The van der Waals surface area contributed by atoms with E-state index in [0.29, 0.717) is 0 Å². The molecule has 1 aliphatic heterocycles. The third-order valence-electron chi connectivity index (χ3n) is 1.51. The summed E-state index contributed by atoms with van der Waals surface area (Å²) in [5.41, 5.74) is 1.32. The lowest BCUT2D eigenvalue weighted by molar-refractivity contribution is -0.790. The first-order valence-electron chi connectivity index (χ1n) is 3.57. The Morgan fingerprint density at radius 3 is 2.64 bits per heavy atom. The molecule has 0 fully saturated rings. The van der Waals surface area contributed by atoms with Crippen LogP contribution in [0.25, 0.3) is 0 Å². The highest BCUT2D eigenvalue weighted by Gasteiger charge is 2.15. The van der Waals surface area contributed by atoms with Crippen LogP contribution in [0, 0.1) is 0 Å². The lowest BCUT2D eigenvalue weighted by atomic mass is 10.4. The Labute approximate surface area is 79.1 Å². The molecule has 1 atom stereocenters. The van der Waals surface area contributed by atoms with Gasteiger partial charge in [-0.15, -0.1) is 0 Å². The molecule has 0 saturated heterocycles. The maximum absolute atomic E-state index is 5.90. The van der Waals surface area contributed by atoms with Crippen LogP contribution in [0.3, 0.4) is 0 Å². The van der Waals surface area contributed by atoms with Crippen LogP contribution < -0.4 is 17.3 Å². The Morgan fingerprint density at radius 2 is 2.27 bits per heavy atom. The molecule has 0 aliphatic carbocycles. The van der Waals surface area contributed by atoms with E-state index in [1.165, 1.54) is 10.5 Å². The summed E-state index contributed by atoms with van der Waals surface area (Å²) in [6, 6.07) is 0. The minimum Gasteiger partial charge on any atom is -1.00 e. The Kier molecular flexibility index (Phi) is 4.82. The van der Waals surface area contributed by atoms with Crippen LogP contribution in [-0.4, -0.2) is 6.54 Å². The van der Waals surface area contributed by atoms with Crippen molar-refractivity contribution in [1.82, 2.24) is 0 Å². The van der Waals surface area contributed by atoms with E-state index >= 15 is 0 Å². The van der Waals surface area contributed by atoms with Gasteiger partial charge < -0.3 is 12.4 Å². The topological polar surface area (TPSA) is 4.44 Å². The molecule has 11 heavy (non-hydrogen) atoms. The highest BCUT2D eigenvalue weighted by molar-refractivity contribution is 6.28. The molecule has 0 aromatic heterocycles. The van der Waals surface area contributed by atoms with Gasteiger partial charge in [-0.2, -0.15) is 0 Å². The number of quaternary nitrogens is 1. The van der Waals surface area contributed by atoms with Crippen molar-refractivity contribution in [2.24, 2.45) is 0 Å². The van der Waals surface area contributed by atoms with Crippen molar-refractivity contribution < 1.29 is 17.3 Å². The van der Waals surface area contributed by atoms with Gasteiger partial charge in [0.15, 0.2) is 0 Å². The predicted molar refractivity (Wildman–Crippen MR) is 43.8 cm³/mol. The van der Waals surface area contributed by atoms with Crippen LogP contribution in [0.2, 0.25) is 0 Å². The fraction of sp³-hybridized carbons (Fsp3) is 0.500. The Hall–Kier alpha value is 0.0200. The largest absolute Gasteiger partial charge is 1.00 e. The van der Waals surface area contributed by atoms with Crippen molar-refractivity contribution in [1.29, 1.82) is 0 Å². The fourth-order valence-corrected chi connectivity index (χ4v) is 1.35. The van der Waals surface area contributed by atoms with Crippen LogP contribution in [0.1, 0.15) is 20.3 Å². The van der Waals surface area contributed by atoms with E-state index in [0.717, 1.165) is 18.1 Å². The van der Waals surface area contributed by atoms with Crippen LogP contribution in [0.4, 0.5) is 0 Å². The minimum atomic E-state index is 0. The summed E-state index contributed by atoms with van der Waals surface area (Å²) in [7, 11) is 0. The third-order valence-corrected chi connectivity index (χ3v) is 1.90. The third kappa shape index (κ3) is 3.28. The number of nitrogens with one attached hydrogen (secondary N) is 1. The molecule has 0 radical (unpaired) electrons. The maximum Gasteiger partial charge on any atom is 0.200 e. The van der Waals surface area contributed by atoms with Gasteiger partial charge in [0, 0.05) is 6.42 Å². The summed E-state index contributed by atoms with van der Waals surface area (Å²) in [6.45, 7) is 5.30.